The molecule has 0 aliphatic heterocycles. The molecule has 1 saturated carbocycles. The fraction of sp³-hybridized carbons (Fsp3) is 0.471. The Morgan fingerprint density at radius 1 is 1.25 bits per heavy atom. The molecule has 0 atom stereocenters. The Morgan fingerprint density at radius 3 is 2.54 bits per heavy atom. The summed E-state index contributed by atoms with van der Waals surface area (Å²) >= 11 is 0. The summed E-state index contributed by atoms with van der Waals surface area (Å²) in [4.78, 5) is 0.267. The van der Waals surface area contributed by atoms with Gasteiger partial charge in [0.25, 0.3) is 0 Å². The van der Waals surface area contributed by atoms with Gasteiger partial charge in [0.1, 0.15) is 10.6 Å². The number of nitrogens with one attached hydrogen (secondary N) is 1. The minimum Gasteiger partial charge on any atom is -0.497 e. The van der Waals surface area contributed by atoms with E-state index in [-0.39, 0.29) is 11.4 Å². The molecule has 1 aliphatic rings. The summed E-state index contributed by atoms with van der Waals surface area (Å²) in [5, 5.41) is 4.42. The average molecular weight is 349 g/mol. The number of ether oxygens (including phenoxy) is 1. The van der Waals surface area contributed by atoms with Crippen LogP contribution in [0.4, 0.5) is 0 Å². The number of methoxy groups -OCH3 is 1. The van der Waals surface area contributed by atoms with Crippen molar-refractivity contribution >= 4 is 10.0 Å². The Bertz CT molecular complexity index is 791. The van der Waals surface area contributed by atoms with E-state index >= 15 is 0 Å². The van der Waals surface area contributed by atoms with Crippen LogP contribution in [0.5, 0.6) is 5.75 Å². The van der Waals surface area contributed by atoms with E-state index in [0.717, 1.165) is 24.2 Å². The van der Waals surface area contributed by atoms with Crippen LogP contribution in [0.15, 0.2) is 35.4 Å². The van der Waals surface area contributed by atoms with Gasteiger partial charge in [0.05, 0.1) is 18.8 Å². The molecule has 2 aromatic rings. The molecule has 0 spiro atoms. The van der Waals surface area contributed by atoms with Gasteiger partial charge in [-0.25, -0.2) is 13.1 Å². The van der Waals surface area contributed by atoms with Gasteiger partial charge in [-0.15, -0.1) is 0 Å². The standard InChI is InChI=1S/C17H23N3O3S/c1-13-17(12-20(19-13)15-5-3-4-6-15)24(21,22)18-11-14-7-9-16(23-2)10-8-14/h7-10,12,15,18H,3-6,11H2,1-2H3. The number of benzene rings is 1. The highest BCUT2D eigenvalue weighted by Crippen LogP contribution is 2.30. The number of sulfonamides is 1. The van der Waals surface area contributed by atoms with E-state index in [1.165, 1.54) is 12.8 Å². The highest BCUT2D eigenvalue weighted by molar-refractivity contribution is 7.89. The van der Waals surface area contributed by atoms with Crippen molar-refractivity contribution in [1.82, 2.24) is 14.5 Å². The average Bonchev–Trinajstić information content (AvgIpc) is 3.23. The molecule has 1 aliphatic carbocycles. The molecular weight excluding hydrogens is 326 g/mol. The van der Waals surface area contributed by atoms with E-state index in [1.807, 2.05) is 28.9 Å². The van der Waals surface area contributed by atoms with E-state index < -0.39 is 10.0 Å². The van der Waals surface area contributed by atoms with Crippen molar-refractivity contribution < 1.29 is 13.2 Å². The lowest BCUT2D eigenvalue weighted by molar-refractivity contribution is 0.414. The molecule has 1 N–H and O–H groups in total. The van der Waals surface area contributed by atoms with Gasteiger partial charge in [0, 0.05) is 12.7 Å². The van der Waals surface area contributed by atoms with Crippen LogP contribution in [0.3, 0.4) is 0 Å². The van der Waals surface area contributed by atoms with Crippen LogP contribution in [0.2, 0.25) is 0 Å². The van der Waals surface area contributed by atoms with Gasteiger partial charge < -0.3 is 4.74 Å². The van der Waals surface area contributed by atoms with Crippen molar-refractivity contribution in [3.63, 3.8) is 0 Å². The molecule has 1 aromatic carbocycles. The summed E-state index contributed by atoms with van der Waals surface area (Å²) < 4.78 is 34.8. The second kappa shape index (κ2) is 6.94. The number of aryl methyl sites for hydroxylation is 1. The monoisotopic (exact) mass is 349 g/mol. The molecule has 130 valence electrons. The molecule has 0 amide bonds. The molecule has 6 nitrogen and oxygen atoms in total. The second-order valence-corrected chi connectivity index (χ2v) is 7.91. The number of nitrogens with zero attached hydrogens (tertiary/aromatic N) is 2. The van der Waals surface area contributed by atoms with Crippen LogP contribution in [-0.2, 0) is 16.6 Å². The topological polar surface area (TPSA) is 73.2 Å². The lowest BCUT2D eigenvalue weighted by Gasteiger charge is -2.09. The predicted molar refractivity (Wildman–Crippen MR) is 91.5 cm³/mol. The van der Waals surface area contributed by atoms with Gasteiger partial charge >= 0.3 is 0 Å². The summed E-state index contributed by atoms with van der Waals surface area (Å²) in [7, 11) is -1.98. The molecule has 1 heterocycles. The smallest absolute Gasteiger partial charge is 0.244 e. The Hall–Kier alpha value is -1.86. The minimum atomic E-state index is -3.58. The molecule has 0 saturated heterocycles. The molecule has 0 radical (unpaired) electrons. The zero-order chi connectivity index (χ0) is 17.2. The summed E-state index contributed by atoms with van der Waals surface area (Å²) in [6.07, 6.45) is 6.17. The molecule has 0 unspecified atom stereocenters. The van der Waals surface area contributed by atoms with E-state index in [0.29, 0.717) is 11.7 Å². The second-order valence-electron chi connectivity index (χ2n) is 6.17. The van der Waals surface area contributed by atoms with Crippen LogP contribution in [0.25, 0.3) is 0 Å². The first-order valence-corrected chi connectivity index (χ1v) is 9.66. The molecule has 7 heteroatoms. The SMILES string of the molecule is COc1ccc(CNS(=O)(=O)c2cn(C3CCCC3)nc2C)cc1. The highest BCUT2D eigenvalue weighted by Gasteiger charge is 2.24. The fourth-order valence-electron chi connectivity index (χ4n) is 3.08. The quantitative estimate of drug-likeness (QED) is 0.870. The third-order valence-electron chi connectivity index (χ3n) is 4.49. The predicted octanol–water partition coefficient (Wildman–Crippen LogP) is 2.79. The molecule has 1 aromatic heterocycles. The summed E-state index contributed by atoms with van der Waals surface area (Å²) in [6, 6.07) is 7.64. The Kier molecular flexibility index (Phi) is 4.91. The number of aromatic nitrogens is 2. The lowest BCUT2D eigenvalue weighted by atomic mass is 10.2. The summed E-state index contributed by atoms with van der Waals surface area (Å²) in [5.74, 6) is 0.746. The van der Waals surface area contributed by atoms with Crippen molar-refractivity contribution in [1.29, 1.82) is 0 Å². The van der Waals surface area contributed by atoms with Gasteiger partial charge in [-0.3, -0.25) is 4.68 Å². The molecular formula is C17H23N3O3S. The normalized spacial score (nSPS) is 15.8. The largest absolute Gasteiger partial charge is 0.497 e. The summed E-state index contributed by atoms with van der Waals surface area (Å²) in [5.41, 5.74) is 1.42. The maximum Gasteiger partial charge on any atom is 0.244 e. The third kappa shape index (κ3) is 3.62. The van der Waals surface area contributed by atoms with Crippen LogP contribution in [0.1, 0.15) is 43.0 Å². The Balaban J connectivity index is 1.72. The summed E-state index contributed by atoms with van der Waals surface area (Å²) in [6.45, 7) is 1.98. The first-order chi connectivity index (χ1) is 11.5. The van der Waals surface area contributed by atoms with Crippen molar-refractivity contribution in [2.45, 2.75) is 50.1 Å². The fourth-order valence-corrected chi connectivity index (χ4v) is 4.27. The lowest BCUT2D eigenvalue weighted by Crippen LogP contribution is -2.23. The van der Waals surface area contributed by atoms with Crippen molar-refractivity contribution in [2.24, 2.45) is 0 Å². The van der Waals surface area contributed by atoms with Gasteiger partial charge in [-0.2, -0.15) is 5.10 Å². The molecule has 1 fully saturated rings. The number of hydrogen-bond donors (Lipinski definition) is 1. The molecule has 24 heavy (non-hydrogen) atoms. The zero-order valence-electron chi connectivity index (χ0n) is 14.0. The number of rotatable bonds is 6. The number of hydrogen-bond acceptors (Lipinski definition) is 4. The third-order valence-corrected chi connectivity index (χ3v) is 5.99. The van der Waals surface area contributed by atoms with E-state index in [4.69, 9.17) is 4.74 Å². The minimum absolute atomic E-state index is 0.236. The van der Waals surface area contributed by atoms with Crippen LogP contribution >= 0.6 is 0 Å². The van der Waals surface area contributed by atoms with Crippen LogP contribution in [-0.4, -0.2) is 25.3 Å². The van der Waals surface area contributed by atoms with E-state index in [2.05, 4.69) is 9.82 Å². The van der Waals surface area contributed by atoms with Gasteiger partial charge in [0.2, 0.25) is 10.0 Å². The van der Waals surface area contributed by atoms with Crippen LogP contribution in [0, 0.1) is 6.92 Å². The Labute approximate surface area is 142 Å². The highest BCUT2D eigenvalue weighted by atomic mass is 32.2. The maximum atomic E-state index is 12.6. The van der Waals surface area contributed by atoms with Crippen molar-refractivity contribution in [3.8, 4) is 5.75 Å². The molecule has 3 rings (SSSR count). The van der Waals surface area contributed by atoms with Crippen LogP contribution < -0.4 is 9.46 Å². The first kappa shape index (κ1) is 17.0. The van der Waals surface area contributed by atoms with Gasteiger partial charge in [0.15, 0.2) is 0 Å². The van der Waals surface area contributed by atoms with Crippen molar-refractivity contribution in [3.05, 3.63) is 41.7 Å². The van der Waals surface area contributed by atoms with Gasteiger partial charge in [-0.1, -0.05) is 25.0 Å². The maximum absolute atomic E-state index is 12.6. The zero-order valence-corrected chi connectivity index (χ0v) is 14.8. The van der Waals surface area contributed by atoms with Crippen molar-refractivity contribution in [2.75, 3.05) is 7.11 Å². The van der Waals surface area contributed by atoms with E-state index in [1.54, 1.807) is 20.2 Å². The van der Waals surface area contributed by atoms with E-state index in [9.17, 15) is 8.42 Å². The Morgan fingerprint density at radius 2 is 1.92 bits per heavy atom. The van der Waals surface area contributed by atoms with Gasteiger partial charge in [-0.05, 0) is 37.5 Å². The molecule has 0 bridgehead atoms. The first-order valence-electron chi connectivity index (χ1n) is 8.18.